The number of ether oxygens (including phenoxy) is 2. The van der Waals surface area contributed by atoms with Gasteiger partial charge in [-0.25, -0.2) is 4.98 Å². The first-order valence-corrected chi connectivity index (χ1v) is 11.2. The number of hydrogen-bond acceptors (Lipinski definition) is 8. The van der Waals surface area contributed by atoms with E-state index in [0.29, 0.717) is 39.5 Å². The summed E-state index contributed by atoms with van der Waals surface area (Å²) in [5.41, 5.74) is 1.25. The average Bonchev–Trinajstić information content (AvgIpc) is 2.92. The van der Waals surface area contributed by atoms with Crippen LogP contribution >= 0.6 is 0 Å². The van der Waals surface area contributed by atoms with Crippen molar-refractivity contribution < 1.29 is 29.3 Å². The van der Waals surface area contributed by atoms with Gasteiger partial charge < -0.3 is 30.3 Å². The van der Waals surface area contributed by atoms with Crippen molar-refractivity contribution in [2.75, 3.05) is 23.8 Å². The first kappa shape index (κ1) is 25.3. The van der Waals surface area contributed by atoms with Crippen LogP contribution in [0.2, 0.25) is 0 Å². The number of anilines is 2. The van der Waals surface area contributed by atoms with E-state index in [1.54, 1.807) is 73.1 Å². The van der Waals surface area contributed by atoms with Crippen molar-refractivity contribution in [3.8, 4) is 17.2 Å². The summed E-state index contributed by atoms with van der Waals surface area (Å²) in [6.07, 6.45) is 3.17. The number of carbonyl (C=O) groups is 2. The zero-order valence-corrected chi connectivity index (χ0v) is 19.6. The lowest BCUT2D eigenvalue weighted by Gasteiger charge is -2.16. The van der Waals surface area contributed by atoms with E-state index in [1.165, 1.54) is 0 Å². The van der Waals surface area contributed by atoms with Crippen LogP contribution in [0.4, 0.5) is 11.5 Å². The number of pyridine rings is 2. The van der Waals surface area contributed by atoms with Gasteiger partial charge >= 0.3 is 0 Å². The predicted octanol–water partition coefficient (Wildman–Crippen LogP) is 3.53. The normalized spacial score (nSPS) is 11.4. The van der Waals surface area contributed by atoms with Crippen LogP contribution in [0.1, 0.15) is 10.4 Å². The van der Waals surface area contributed by atoms with Gasteiger partial charge in [-0.3, -0.25) is 14.6 Å². The number of hydrogen-bond donors (Lipinski definition) is 4. The highest BCUT2D eigenvalue weighted by molar-refractivity contribution is 6.04. The molecule has 4 rings (SSSR count). The summed E-state index contributed by atoms with van der Waals surface area (Å²) in [6, 6.07) is 16.7. The zero-order valence-electron chi connectivity index (χ0n) is 19.6. The molecular weight excluding hydrogens is 476 g/mol. The third-order valence-corrected chi connectivity index (χ3v) is 5.14. The number of aliphatic hydroxyl groups excluding tert-OH is 2. The quantitative estimate of drug-likeness (QED) is 0.242. The van der Waals surface area contributed by atoms with Gasteiger partial charge in [-0.1, -0.05) is 12.6 Å². The zero-order chi connectivity index (χ0) is 26.2. The van der Waals surface area contributed by atoms with Gasteiger partial charge in [-0.05, 0) is 54.6 Å². The van der Waals surface area contributed by atoms with Crippen molar-refractivity contribution in [3.05, 3.63) is 91.3 Å². The third kappa shape index (κ3) is 6.45. The number of fused-ring (bicyclic) bond motifs is 1. The number of rotatable bonds is 10. The minimum Gasteiger partial charge on any atom is -0.489 e. The van der Waals surface area contributed by atoms with Crippen molar-refractivity contribution in [3.63, 3.8) is 0 Å². The molecule has 0 aliphatic carbocycles. The number of nitrogens with zero attached hydrogens (tertiary/aromatic N) is 2. The van der Waals surface area contributed by atoms with Crippen LogP contribution in [0.15, 0.2) is 85.7 Å². The van der Waals surface area contributed by atoms with E-state index in [-0.39, 0.29) is 18.3 Å². The molecule has 0 bridgehead atoms. The summed E-state index contributed by atoms with van der Waals surface area (Å²) < 4.78 is 11.7. The van der Waals surface area contributed by atoms with Crippen molar-refractivity contribution in [2.24, 2.45) is 0 Å². The van der Waals surface area contributed by atoms with E-state index in [2.05, 4.69) is 27.2 Å². The van der Waals surface area contributed by atoms with Crippen LogP contribution < -0.4 is 20.1 Å². The van der Waals surface area contributed by atoms with E-state index < -0.39 is 18.6 Å². The van der Waals surface area contributed by atoms with Crippen LogP contribution in [0.3, 0.4) is 0 Å². The summed E-state index contributed by atoms with van der Waals surface area (Å²) >= 11 is 0. The smallest absolute Gasteiger partial charge is 0.256 e. The SMILES string of the molecule is C=CC(=O)Nc1cc2c(Oc3ccc(C(=O)Nc4ccccn4)cc3)ccnc2cc1OC[C@@H](O)CO. The highest BCUT2D eigenvalue weighted by atomic mass is 16.5. The Morgan fingerprint density at radius 2 is 1.81 bits per heavy atom. The molecule has 0 saturated carbocycles. The summed E-state index contributed by atoms with van der Waals surface area (Å²) in [7, 11) is 0. The Labute approximate surface area is 212 Å². The summed E-state index contributed by atoms with van der Waals surface area (Å²) in [5.74, 6) is 0.864. The fourth-order valence-corrected chi connectivity index (χ4v) is 3.30. The lowest BCUT2D eigenvalue weighted by molar-refractivity contribution is -0.111. The summed E-state index contributed by atoms with van der Waals surface area (Å²) in [5, 5.41) is 24.7. The van der Waals surface area contributed by atoms with Crippen molar-refractivity contribution in [1.82, 2.24) is 9.97 Å². The molecule has 2 aromatic heterocycles. The van der Waals surface area contributed by atoms with Gasteiger partial charge in [0.25, 0.3) is 5.91 Å². The fourth-order valence-electron chi connectivity index (χ4n) is 3.30. The Morgan fingerprint density at radius 3 is 2.51 bits per heavy atom. The molecule has 0 saturated heterocycles. The first-order valence-electron chi connectivity index (χ1n) is 11.2. The molecule has 1 atom stereocenters. The van der Waals surface area contributed by atoms with E-state index in [4.69, 9.17) is 14.6 Å². The Hall–Kier alpha value is -4.80. The molecule has 2 aromatic carbocycles. The van der Waals surface area contributed by atoms with Crippen LogP contribution in [-0.4, -0.2) is 51.3 Å². The maximum atomic E-state index is 12.5. The predicted molar refractivity (Wildman–Crippen MR) is 138 cm³/mol. The standard InChI is InChI=1S/C27H24N4O6/c1-2-26(34)30-22-13-20-21(14-24(22)36-16-18(33)15-32)28-12-10-23(20)37-19-8-6-17(7-9-19)27(35)31-25-5-3-4-11-29-25/h2-14,18,32-33H,1,15-16H2,(H,30,34)(H,29,31,35)/t18-/m0/s1. The van der Waals surface area contributed by atoms with Gasteiger partial charge in [0.1, 0.15) is 35.8 Å². The van der Waals surface area contributed by atoms with Crippen molar-refractivity contribution in [1.29, 1.82) is 0 Å². The molecule has 4 aromatic rings. The minimum absolute atomic E-state index is 0.185. The van der Waals surface area contributed by atoms with E-state index in [9.17, 15) is 14.7 Å². The van der Waals surface area contributed by atoms with Gasteiger partial charge in [0.2, 0.25) is 5.91 Å². The largest absolute Gasteiger partial charge is 0.489 e. The molecule has 37 heavy (non-hydrogen) atoms. The van der Waals surface area contributed by atoms with Gasteiger partial charge in [-0.2, -0.15) is 0 Å². The number of carbonyl (C=O) groups excluding carboxylic acids is 2. The number of aromatic nitrogens is 2. The van der Waals surface area contributed by atoms with Crippen LogP contribution in [0, 0.1) is 0 Å². The van der Waals surface area contributed by atoms with Gasteiger partial charge in [-0.15, -0.1) is 0 Å². The van der Waals surface area contributed by atoms with Crippen LogP contribution in [0.5, 0.6) is 17.2 Å². The third-order valence-electron chi connectivity index (χ3n) is 5.14. The van der Waals surface area contributed by atoms with E-state index >= 15 is 0 Å². The second-order valence-corrected chi connectivity index (χ2v) is 7.81. The molecule has 2 heterocycles. The molecule has 188 valence electrons. The van der Waals surface area contributed by atoms with E-state index in [1.807, 2.05) is 0 Å². The highest BCUT2D eigenvalue weighted by Gasteiger charge is 2.15. The molecule has 10 nitrogen and oxygen atoms in total. The molecule has 0 aliphatic rings. The molecular formula is C27H24N4O6. The molecule has 0 radical (unpaired) electrons. The summed E-state index contributed by atoms with van der Waals surface area (Å²) in [6.45, 7) is 2.80. The second kappa shape index (κ2) is 11.8. The maximum absolute atomic E-state index is 12.5. The molecule has 2 amide bonds. The summed E-state index contributed by atoms with van der Waals surface area (Å²) in [4.78, 5) is 32.9. The lowest BCUT2D eigenvalue weighted by atomic mass is 10.1. The first-order chi connectivity index (χ1) is 18.0. The Balaban J connectivity index is 1.58. The number of aliphatic hydroxyl groups is 2. The van der Waals surface area contributed by atoms with Gasteiger partial charge in [0.05, 0.1) is 17.8 Å². The van der Waals surface area contributed by atoms with Gasteiger partial charge in [0, 0.05) is 29.4 Å². The van der Waals surface area contributed by atoms with Crippen LogP contribution in [0.25, 0.3) is 10.9 Å². The van der Waals surface area contributed by atoms with E-state index in [0.717, 1.165) is 6.08 Å². The lowest BCUT2D eigenvalue weighted by Crippen LogP contribution is -2.22. The van der Waals surface area contributed by atoms with Crippen molar-refractivity contribution >= 4 is 34.2 Å². The number of nitrogens with one attached hydrogen (secondary N) is 2. The number of amides is 2. The molecule has 4 N–H and O–H groups in total. The molecule has 10 heteroatoms. The molecule has 0 unspecified atom stereocenters. The Kier molecular flexibility index (Phi) is 8.04. The number of benzene rings is 2. The Bertz CT molecular complexity index is 1410. The molecule has 0 fully saturated rings. The van der Waals surface area contributed by atoms with Crippen molar-refractivity contribution in [2.45, 2.75) is 6.10 Å². The Morgan fingerprint density at radius 1 is 1.00 bits per heavy atom. The van der Waals surface area contributed by atoms with Crippen LogP contribution in [-0.2, 0) is 4.79 Å². The monoisotopic (exact) mass is 500 g/mol. The molecule has 0 aliphatic heterocycles. The highest BCUT2D eigenvalue weighted by Crippen LogP contribution is 2.36. The molecule has 0 spiro atoms. The fraction of sp³-hybridized carbons (Fsp3) is 0.111. The maximum Gasteiger partial charge on any atom is 0.256 e. The minimum atomic E-state index is -1.09. The van der Waals surface area contributed by atoms with Gasteiger partial charge in [0.15, 0.2) is 0 Å². The average molecular weight is 501 g/mol. The second-order valence-electron chi connectivity index (χ2n) is 7.81. The topological polar surface area (TPSA) is 143 Å².